The first-order valence-electron chi connectivity index (χ1n) is 5.17. The first kappa shape index (κ1) is 11.1. The van der Waals surface area contributed by atoms with Gasteiger partial charge in [0, 0.05) is 0 Å². The molecule has 0 bridgehead atoms. The van der Waals surface area contributed by atoms with Gasteiger partial charge in [0.2, 0.25) is 0 Å². The van der Waals surface area contributed by atoms with Gasteiger partial charge in [0.05, 0.1) is 0 Å². The number of rotatable bonds is 2. The van der Waals surface area contributed by atoms with Crippen LogP contribution in [0.4, 0.5) is 11.4 Å². The van der Waals surface area contributed by atoms with Crippen LogP contribution in [-0.4, -0.2) is 0 Å². The van der Waals surface area contributed by atoms with Crippen molar-refractivity contribution in [1.29, 1.82) is 0 Å². The third kappa shape index (κ3) is 3.04. The number of nitroso groups, excluding NO2 is 2. The molecule has 0 unspecified atom stereocenters. The fourth-order valence-electron chi connectivity index (χ4n) is 1.43. The molecule has 2 aromatic carbocycles. The van der Waals surface area contributed by atoms with Crippen LogP contribution < -0.4 is 0 Å². The molecule has 0 aliphatic heterocycles. The van der Waals surface area contributed by atoms with Gasteiger partial charge in [0.1, 0.15) is 11.4 Å². The second-order valence-corrected chi connectivity index (χ2v) is 3.65. The molecule has 4 nitrogen and oxygen atoms in total. The summed E-state index contributed by atoms with van der Waals surface area (Å²) in [6.07, 6.45) is 1.05. The van der Waals surface area contributed by atoms with E-state index in [1.807, 2.05) is 18.2 Å². The zero-order valence-corrected chi connectivity index (χ0v) is 9.04. The standard InChI is InChI=1S/C7H5NO.C6H5NO/c9-8-7-2-1-5-3-6(5)4-7;8-7-6-4-2-1-3-5-6/h1-2,4H,3H2;1-5H. The Bertz CT molecular complexity index is 538. The van der Waals surface area contributed by atoms with Crippen molar-refractivity contribution in [2.45, 2.75) is 6.42 Å². The molecular weight excluding hydrogens is 216 g/mol. The monoisotopic (exact) mass is 226 g/mol. The molecule has 84 valence electrons. The van der Waals surface area contributed by atoms with Crippen molar-refractivity contribution in [2.24, 2.45) is 10.4 Å². The molecule has 0 saturated carbocycles. The first-order valence-corrected chi connectivity index (χ1v) is 5.17. The Morgan fingerprint density at radius 3 is 2.00 bits per heavy atom. The lowest BCUT2D eigenvalue weighted by Crippen LogP contribution is -1.56. The SMILES string of the molecule is O=Nc1ccc2c(c1)C2.O=Nc1ccccc1. The Hall–Kier alpha value is -2.36. The van der Waals surface area contributed by atoms with Crippen LogP contribution in [0, 0.1) is 9.81 Å². The highest BCUT2D eigenvalue weighted by Crippen LogP contribution is 2.30. The first-order chi connectivity index (χ1) is 8.33. The van der Waals surface area contributed by atoms with Crippen molar-refractivity contribution in [3.8, 4) is 0 Å². The molecule has 0 heterocycles. The van der Waals surface area contributed by atoms with Crippen LogP contribution in [0.1, 0.15) is 11.1 Å². The smallest absolute Gasteiger partial charge is 0.108 e. The Balaban J connectivity index is 0.000000128. The summed E-state index contributed by atoms with van der Waals surface area (Å²) < 4.78 is 0. The van der Waals surface area contributed by atoms with E-state index < -0.39 is 0 Å². The molecule has 0 saturated heterocycles. The van der Waals surface area contributed by atoms with Gasteiger partial charge in [-0.3, -0.25) is 0 Å². The van der Waals surface area contributed by atoms with Gasteiger partial charge < -0.3 is 0 Å². The highest BCUT2D eigenvalue weighted by Gasteiger charge is 2.15. The minimum absolute atomic E-state index is 0.479. The molecule has 1 aliphatic carbocycles. The van der Waals surface area contributed by atoms with Crippen molar-refractivity contribution < 1.29 is 0 Å². The molecule has 1 aliphatic rings. The topological polar surface area (TPSA) is 58.9 Å². The average molecular weight is 226 g/mol. The predicted molar refractivity (Wildman–Crippen MR) is 66.6 cm³/mol. The Kier molecular flexibility index (Phi) is 3.35. The van der Waals surface area contributed by atoms with Gasteiger partial charge in [-0.2, -0.15) is 0 Å². The fraction of sp³-hybridized carbons (Fsp3) is 0.0769. The van der Waals surface area contributed by atoms with Crippen molar-refractivity contribution in [3.05, 3.63) is 69.5 Å². The normalized spacial score (nSPS) is 10.6. The van der Waals surface area contributed by atoms with E-state index >= 15 is 0 Å². The molecule has 0 amide bonds. The highest BCUT2D eigenvalue weighted by atomic mass is 16.3. The fourth-order valence-corrected chi connectivity index (χ4v) is 1.43. The van der Waals surface area contributed by atoms with E-state index in [4.69, 9.17) is 0 Å². The van der Waals surface area contributed by atoms with Gasteiger partial charge in [-0.05, 0) is 52.2 Å². The summed E-state index contributed by atoms with van der Waals surface area (Å²) >= 11 is 0. The molecule has 4 heteroatoms. The Morgan fingerprint density at radius 2 is 1.47 bits per heavy atom. The third-order valence-corrected chi connectivity index (χ3v) is 2.41. The molecule has 0 N–H and O–H groups in total. The van der Waals surface area contributed by atoms with Gasteiger partial charge in [-0.25, -0.2) is 0 Å². The van der Waals surface area contributed by atoms with Crippen molar-refractivity contribution in [1.82, 2.24) is 0 Å². The second-order valence-electron chi connectivity index (χ2n) is 3.65. The van der Waals surface area contributed by atoms with Crippen LogP contribution in [0.2, 0.25) is 0 Å². The van der Waals surface area contributed by atoms with Crippen LogP contribution in [-0.2, 0) is 6.42 Å². The predicted octanol–water partition coefficient (Wildman–Crippen LogP) is 4.07. The van der Waals surface area contributed by atoms with Crippen LogP contribution in [0.5, 0.6) is 0 Å². The summed E-state index contributed by atoms with van der Waals surface area (Å²) in [5.74, 6) is 0. The minimum atomic E-state index is 0.479. The summed E-state index contributed by atoms with van der Waals surface area (Å²) in [7, 11) is 0. The molecule has 0 fully saturated rings. The highest BCUT2D eigenvalue weighted by molar-refractivity contribution is 5.53. The second kappa shape index (κ2) is 5.12. The van der Waals surface area contributed by atoms with E-state index in [1.54, 1.807) is 30.3 Å². The van der Waals surface area contributed by atoms with E-state index in [0.29, 0.717) is 11.4 Å². The van der Waals surface area contributed by atoms with Gasteiger partial charge >= 0.3 is 0 Å². The van der Waals surface area contributed by atoms with Crippen LogP contribution in [0.25, 0.3) is 0 Å². The van der Waals surface area contributed by atoms with Crippen molar-refractivity contribution >= 4 is 11.4 Å². The van der Waals surface area contributed by atoms with Crippen molar-refractivity contribution in [2.75, 3.05) is 0 Å². The molecule has 17 heavy (non-hydrogen) atoms. The molecule has 3 rings (SSSR count). The van der Waals surface area contributed by atoms with Gasteiger partial charge in [0.15, 0.2) is 0 Å². The summed E-state index contributed by atoms with van der Waals surface area (Å²) in [6.45, 7) is 0. The Labute approximate surface area is 98.2 Å². The van der Waals surface area contributed by atoms with Crippen LogP contribution in [0.15, 0.2) is 58.9 Å². The molecule has 0 atom stereocenters. The Morgan fingerprint density at radius 1 is 0.765 bits per heavy atom. The number of fused-ring (bicyclic) bond motifs is 1. The summed E-state index contributed by atoms with van der Waals surface area (Å²) in [6, 6.07) is 14.2. The zero-order chi connectivity index (χ0) is 12.1. The maximum absolute atomic E-state index is 9.93. The van der Waals surface area contributed by atoms with E-state index in [9.17, 15) is 9.81 Å². The van der Waals surface area contributed by atoms with Crippen LogP contribution >= 0.6 is 0 Å². The lowest BCUT2D eigenvalue weighted by molar-refractivity contribution is 1.50. The minimum Gasteiger partial charge on any atom is -0.145 e. The van der Waals surface area contributed by atoms with Gasteiger partial charge in [-0.1, -0.05) is 24.3 Å². The van der Waals surface area contributed by atoms with E-state index in [-0.39, 0.29) is 0 Å². The van der Waals surface area contributed by atoms with E-state index in [0.717, 1.165) is 6.42 Å². The van der Waals surface area contributed by atoms with Gasteiger partial charge in [-0.15, -0.1) is 9.81 Å². The van der Waals surface area contributed by atoms with Crippen LogP contribution in [0.3, 0.4) is 0 Å². The number of benzene rings is 2. The van der Waals surface area contributed by atoms with E-state index in [1.165, 1.54) is 11.1 Å². The molecule has 0 radical (unpaired) electrons. The third-order valence-electron chi connectivity index (χ3n) is 2.41. The van der Waals surface area contributed by atoms with Crippen molar-refractivity contribution in [3.63, 3.8) is 0 Å². The maximum Gasteiger partial charge on any atom is 0.108 e. The largest absolute Gasteiger partial charge is 0.145 e. The lowest BCUT2D eigenvalue weighted by atomic mass is 10.3. The number of hydrogen-bond donors (Lipinski definition) is 0. The zero-order valence-electron chi connectivity index (χ0n) is 9.04. The molecule has 0 spiro atoms. The lowest BCUT2D eigenvalue weighted by Gasteiger charge is -1.80. The summed E-state index contributed by atoms with van der Waals surface area (Å²) in [5, 5.41) is 5.54. The molecular formula is C13H10N2O2. The number of nitrogens with zero attached hydrogens (tertiary/aromatic N) is 2. The maximum atomic E-state index is 9.93. The van der Waals surface area contributed by atoms with Gasteiger partial charge in [0.25, 0.3) is 0 Å². The quantitative estimate of drug-likeness (QED) is 0.618. The molecule has 2 aromatic rings. The summed E-state index contributed by atoms with van der Waals surface area (Å²) in [4.78, 5) is 19.7. The average Bonchev–Trinajstić information content (AvgIpc) is 3.18. The van der Waals surface area contributed by atoms with E-state index in [2.05, 4.69) is 10.4 Å². The molecule has 0 aromatic heterocycles. The number of hydrogen-bond acceptors (Lipinski definition) is 4. The summed E-state index contributed by atoms with van der Waals surface area (Å²) in [5.41, 5.74) is 3.65.